The van der Waals surface area contributed by atoms with E-state index in [1.54, 1.807) is 23.0 Å². The van der Waals surface area contributed by atoms with Crippen LogP contribution in [0.25, 0.3) is 5.82 Å². The van der Waals surface area contributed by atoms with Gasteiger partial charge in [0.2, 0.25) is 10.0 Å². The number of hydrogen-bond donors (Lipinski definition) is 1. The summed E-state index contributed by atoms with van der Waals surface area (Å²) in [6.07, 6.45) is 3.57. The first kappa shape index (κ1) is 22.1. The molecular weight excluding hydrogens is 437 g/mol. The lowest BCUT2D eigenvalue weighted by molar-refractivity contribution is 0.0729. The molecule has 32 heavy (non-hydrogen) atoms. The molecule has 3 heterocycles. The van der Waals surface area contributed by atoms with Crippen LogP contribution in [0, 0.1) is 5.82 Å². The summed E-state index contributed by atoms with van der Waals surface area (Å²) in [5.74, 6) is -0.791. The van der Waals surface area contributed by atoms with Gasteiger partial charge >= 0.3 is 0 Å². The molecule has 1 aliphatic heterocycles. The monoisotopic (exact) mass is 459 g/mol. The van der Waals surface area contributed by atoms with Crippen LogP contribution in [0.1, 0.15) is 23.0 Å². The number of morpholine rings is 1. The Morgan fingerprint density at radius 2 is 2.00 bits per heavy atom. The van der Waals surface area contributed by atoms with Gasteiger partial charge in [-0.2, -0.15) is 9.40 Å². The number of carbonyl (C=O) groups is 1. The quantitative estimate of drug-likeness (QED) is 0.606. The second-order valence-corrected chi connectivity index (χ2v) is 8.98. The fraction of sp³-hybridized carbons (Fsp3) is 0.286. The molecule has 1 amide bonds. The number of rotatable bonds is 6. The molecule has 1 N–H and O–H groups in total. The molecule has 0 saturated carbocycles. The van der Waals surface area contributed by atoms with Crippen molar-refractivity contribution in [3.05, 3.63) is 65.9 Å². The van der Waals surface area contributed by atoms with E-state index in [1.165, 1.54) is 16.6 Å². The lowest BCUT2D eigenvalue weighted by Crippen LogP contribution is -2.40. The fourth-order valence-electron chi connectivity index (χ4n) is 3.48. The Balaban J connectivity index is 1.61. The predicted molar refractivity (Wildman–Crippen MR) is 115 cm³/mol. The van der Waals surface area contributed by atoms with E-state index in [4.69, 9.17) is 4.74 Å². The maximum atomic E-state index is 14.4. The number of sulfonamides is 1. The number of pyridine rings is 1. The highest BCUT2D eigenvalue weighted by Gasteiger charge is 2.29. The predicted octanol–water partition coefficient (Wildman–Crippen LogP) is 2.24. The first-order valence-electron chi connectivity index (χ1n) is 10.1. The third-order valence-electron chi connectivity index (χ3n) is 5.09. The Labute approximate surface area is 184 Å². The molecule has 3 aromatic rings. The van der Waals surface area contributed by atoms with Gasteiger partial charge in [-0.05, 0) is 36.8 Å². The number of carbonyl (C=O) groups excluding carboxylic acids is 1. The van der Waals surface area contributed by atoms with Crippen LogP contribution in [0.3, 0.4) is 0 Å². The minimum Gasteiger partial charge on any atom is -0.379 e. The molecule has 0 unspecified atom stereocenters. The van der Waals surface area contributed by atoms with Gasteiger partial charge in [0.15, 0.2) is 5.82 Å². The smallest absolute Gasteiger partial charge is 0.259 e. The number of ether oxygens (including phenoxy) is 1. The number of halogens is 1. The molecule has 2 aromatic heterocycles. The number of benzene rings is 1. The van der Waals surface area contributed by atoms with Crippen molar-refractivity contribution in [2.24, 2.45) is 0 Å². The highest BCUT2D eigenvalue weighted by Crippen LogP contribution is 2.25. The first-order valence-corrected chi connectivity index (χ1v) is 11.5. The Morgan fingerprint density at radius 1 is 1.22 bits per heavy atom. The molecule has 0 aliphatic carbocycles. The van der Waals surface area contributed by atoms with Crippen LogP contribution in [-0.2, 0) is 21.2 Å². The lowest BCUT2D eigenvalue weighted by Gasteiger charge is -2.26. The van der Waals surface area contributed by atoms with Crippen LogP contribution in [-0.4, -0.2) is 59.7 Å². The second kappa shape index (κ2) is 9.15. The fourth-order valence-corrected chi connectivity index (χ4v) is 4.98. The van der Waals surface area contributed by atoms with Crippen molar-refractivity contribution in [3.8, 4) is 5.82 Å². The van der Waals surface area contributed by atoms with E-state index in [0.717, 1.165) is 12.1 Å². The maximum Gasteiger partial charge on any atom is 0.259 e. The summed E-state index contributed by atoms with van der Waals surface area (Å²) in [5.41, 5.74) is 1.13. The number of nitrogens with zero attached hydrogens (tertiary/aromatic N) is 4. The zero-order valence-corrected chi connectivity index (χ0v) is 18.2. The number of anilines is 1. The molecule has 9 nitrogen and oxygen atoms in total. The second-order valence-electron chi connectivity index (χ2n) is 7.07. The Kier molecular flexibility index (Phi) is 6.31. The summed E-state index contributed by atoms with van der Waals surface area (Å²) in [7, 11) is -4.06. The minimum absolute atomic E-state index is 0.144. The standard InChI is InChI=1S/C21H22FN5O4S/c1-2-18-16(14-24-27(18)20-5-3-4-8-23-20)21(28)25-15-6-7-17(22)19(13-15)32(29,30)26-9-11-31-12-10-26/h3-8,13-14H,2,9-12H2,1H3,(H,25,28). The van der Waals surface area contributed by atoms with Crippen LogP contribution >= 0.6 is 0 Å². The van der Waals surface area contributed by atoms with E-state index < -0.39 is 26.6 Å². The maximum absolute atomic E-state index is 14.4. The van der Waals surface area contributed by atoms with Crippen LogP contribution in [0.4, 0.5) is 10.1 Å². The average Bonchev–Trinajstić information content (AvgIpc) is 3.26. The highest BCUT2D eigenvalue weighted by molar-refractivity contribution is 7.89. The SMILES string of the molecule is CCc1c(C(=O)Nc2ccc(F)c(S(=O)(=O)N3CCOCC3)c2)cnn1-c1ccccn1. The number of aromatic nitrogens is 3. The zero-order valence-electron chi connectivity index (χ0n) is 17.4. The molecule has 0 radical (unpaired) electrons. The van der Waals surface area contributed by atoms with Crippen molar-refractivity contribution in [1.29, 1.82) is 0 Å². The summed E-state index contributed by atoms with van der Waals surface area (Å²) in [4.78, 5) is 16.7. The summed E-state index contributed by atoms with van der Waals surface area (Å²) in [6.45, 7) is 2.67. The van der Waals surface area contributed by atoms with E-state index in [1.807, 2.05) is 13.0 Å². The lowest BCUT2D eigenvalue weighted by atomic mass is 10.2. The highest BCUT2D eigenvalue weighted by atomic mass is 32.2. The molecule has 1 aliphatic rings. The Bertz CT molecular complexity index is 1220. The van der Waals surface area contributed by atoms with Crippen molar-refractivity contribution in [1.82, 2.24) is 19.1 Å². The topological polar surface area (TPSA) is 106 Å². The van der Waals surface area contributed by atoms with Gasteiger partial charge in [0, 0.05) is 25.0 Å². The summed E-state index contributed by atoms with van der Waals surface area (Å²) < 4.78 is 48.1. The van der Waals surface area contributed by atoms with Crippen molar-refractivity contribution < 1.29 is 22.3 Å². The summed E-state index contributed by atoms with van der Waals surface area (Å²) in [5, 5.41) is 6.92. The van der Waals surface area contributed by atoms with Gasteiger partial charge in [0.05, 0.1) is 30.7 Å². The molecular formula is C21H22FN5O4S. The third-order valence-corrected chi connectivity index (χ3v) is 7.01. The van der Waals surface area contributed by atoms with E-state index in [9.17, 15) is 17.6 Å². The molecule has 11 heteroatoms. The van der Waals surface area contributed by atoms with Gasteiger partial charge in [0.1, 0.15) is 10.7 Å². The molecule has 1 saturated heterocycles. The summed E-state index contributed by atoms with van der Waals surface area (Å²) >= 11 is 0. The van der Waals surface area contributed by atoms with Crippen LogP contribution in [0.2, 0.25) is 0 Å². The van der Waals surface area contributed by atoms with Crippen LogP contribution in [0.15, 0.2) is 53.7 Å². The normalized spacial score (nSPS) is 14.9. The molecule has 1 fully saturated rings. The van der Waals surface area contributed by atoms with Crippen LogP contribution < -0.4 is 5.32 Å². The molecule has 0 bridgehead atoms. The third kappa shape index (κ3) is 4.27. The number of amides is 1. The molecule has 4 rings (SSSR count). The Morgan fingerprint density at radius 3 is 2.69 bits per heavy atom. The van der Waals surface area contributed by atoms with Gasteiger partial charge in [-0.25, -0.2) is 22.5 Å². The zero-order chi connectivity index (χ0) is 22.7. The molecule has 1 aromatic carbocycles. The largest absolute Gasteiger partial charge is 0.379 e. The van der Waals surface area contributed by atoms with Crippen LogP contribution in [0.5, 0.6) is 0 Å². The molecule has 0 spiro atoms. The van der Waals surface area contributed by atoms with Crippen molar-refractivity contribution >= 4 is 21.6 Å². The molecule has 0 atom stereocenters. The Hall–Kier alpha value is -3.15. The van der Waals surface area contributed by atoms with E-state index >= 15 is 0 Å². The van der Waals surface area contributed by atoms with Gasteiger partial charge in [-0.15, -0.1) is 0 Å². The van der Waals surface area contributed by atoms with Gasteiger partial charge in [0.25, 0.3) is 5.91 Å². The number of hydrogen-bond acceptors (Lipinski definition) is 6. The van der Waals surface area contributed by atoms with Crippen molar-refractivity contribution in [2.75, 3.05) is 31.6 Å². The van der Waals surface area contributed by atoms with Gasteiger partial charge in [-0.1, -0.05) is 13.0 Å². The molecule has 168 valence electrons. The minimum atomic E-state index is -4.06. The van der Waals surface area contributed by atoms with E-state index in [-0.39, 0.29) is 32.0 Å². The van der Waals surface area contributed by atoms with Crippen molar-refractivity contribution in [2.45, 2.75) is 18.2 Å². The number of nitrogens with one attached hydrogen (secondary N) is 1. The van der Waals surface area contributed by atoms with E-state index in [2.05, 4.69) is 15.4 Å². The van der Waals surface area contributed by atoms with Gasteiger partial charge in [-0.3, -0.25) is 4.79 Å². The van der Waals surface area contributed by atoms with Crippen molar-refractivity contribution in [3.63, 3.8) is 0 Å². The van der Waals surface area contributed by atoms with E-state index in [0.29, 0.717) is 23.5 Å². The average molecular weight is 460 g/mol. The van der Waals surface area contributed by atoms with Gasteiger partial charge < -0.3 is 10.1 Å². The summed E-state index contributed by atoms with van der Waals surface area (Å²) in [6, 6.07) is 8.85. The first-order chi connectivity index (χ1) is 15.4.